The predicted molar refractivity (Wildman–Crippen MR) is 396 cm³/mol. The highest BCUT2D eigenvalue weighted by Gasteiger charge is 2.49. The number of benzene rings is 2. The number of nitrogens with one attached hydrogen (secondary N) is 4. The minimum Gasteiger partial charge on any atom is -0.458 e. The number of rotatable bonds is 13. The SMILES string of the molecule is CCCC=CC=CC1CC(O)C(O)C(=O)C1C=O.Cc1c2oc3c(C)ccc(C(=O)NC4C(=O)NC(C(C)C)C(=O)C5CCCC5C(=O)N(C)CC(=O)N(C)C(C(C)C)C(=O)OC4C)c3nc-2c(C(=O)NC2C(=O)NC(C(C)C)C(=O)C3CCCC3C(=O)N(C)CC(=O)N(C)C(C(C)C)C(=O)OC2C)c(N)c1=O. The van der Waals surface area contributed by atoms with Crippen molar-refractivity contribution in [1.82, 2.24) is 45.9 Å². The molecule has 16 unspecified atom stereocenters. The number of aromatic nitrogens is 1. The highest BCUT2D eigenvalue weighted by molar-refractivity contribution is 6.11. The molecule has 5 fully saturated rings. The minimum absolute atomic E-state index is 0.0668. The molecule has 30 nitrogen and oxygen atoms in total. The lowest BCUT2D eigenvalue weighted by molar-refractivity contribution is -0.163. The van der Waals surface area contributed by atoms with Gasteiger partial charge in [0, 0.05) is 57.4 Å². The van der Waals surface area contributed by atoms with Crippen molar-refractivity contribution in [3.63, 3.8) is 0 Å². The number of ether oxygens (including phenoxy) is 2. The third kappa shape index (κ3) is 18.7. The van der Waals surface area contributed by atoms with E-state index >= 15 is 9.59 Å². The summed E-state index contributed by atoms with van der Waals surface area (Å²) in [6.45, 7) is 20.4. The zero-order valence-electron chi connectivity index (χ0n) is 64.9. The summed E-state index contributed by atoms with van der Waals surface area (Å²) in [4.78, 5) is 220. The number of nitrogen functional groups attached to an aromatic ring is 1. The number of nitrogens with zero attached hydrogens (tertiary/aromatic N) is 5. The largest absolute Gasteiger partial charge is 0.458 e. The van der Waals surface area contributed by atoms with Crippen molar-refractivity contribution in [3.05, 3.63) is 68.9 Å². The number of aryl methyl sites for hydroxylation is 1. The van der Waals surface area contributed by atoms with Crippen LogP contribution in [0.15, 0.2) is 45.6 Å². The minimum atomic E-state index is -1.86. The normalized spacial score (nSPS) is 28.8. The molecule has 30 heteroatoms. The van der Waals surface area contributed by atoms with E-state index in [0.717, 1.165) is 22.6 Å². The Kier molecular flexibility index (Phi) is 29.0. The van der Waals surface area contributed by atoms with Gasteiger partial charge in [-0.15, -0.1) is 0 Å². The van der Waals surface area contributed by atoms with Crippen LogP contribution in [0.3, 0.4) is 0 Å². The van der Waals surface area contributed by atoms with Crippen molar-refractivity contribution < 1.29 is 91.2 Å². The fraction of sp³-hybridized carbons (Fsp3) is 0.615. The van der Waals surface area contributed by atoms with E-state index in [0.29, 0.717) is 50.4 Å². The summed E-state index contributed by atoms with van der Waals surface area (Å²) in [7, 11) is 5.66. The van der Waals surface area contributed by atoms with Gasteiger partial charge in [0.15, 0.2) is 28.7 Å². The van der Waals surface area contributed by atoms with E-state index in [1.807, 2.05) is 12.2 Å². The molecule has 3 aliphatic heterocycles. The van der Waals surface area contributed by atoms with Gasteiger partial charge in [0.25, 0.3) is 11.8 Å². The standard InChI is InChI=1S/C64H88N10O16.C14H20O4/c1-27(2)44-53(78)35-19-17-21-37(35)61(84)71(13)25-40(75)73(15)50(29(5)6)63(86)88-33(11)46(59(82)67-44)69-57(80)39-24-23-31(9)55-48(39)66-49-42(43(65)52(77)32(10)56(49)90-55)58(81)70-47-34(12)89-64(87)51(30(7)8)74(16)41(76)26-72(14)62(85)38-22-18-20-36(38)54(79)45(28(3)4)68-60(47)83;1-2-3-4-5-6-7-10-8-12(16)14(18)13(17)11(10)9-15/h23-24,27-30,33-38,44-47,50-51H,17-22,25-26,65H2,1-16H3,(H,67,82)(H,68,83)(H,69,80)(H,70,81);4-7,9-12,14,16,18H,2-3,8H2,1H3. The van der Waals surface area contributed by atoms with Crippen LogP contribution < -0.4 is 32.4 Å². The lowest BCUT2D eigenvalue weighted by atomic mass is 9.76. The van der Waals surface area contributed by atoms with E-state index < -0.39 is 220 Å². The molecule has 590 valence electrons. The van der Waals surface area contributed by atoms with Gasteiger partial charge in [0.1, 0.15) is 60.0 Å². The molecule has 108 heavy (non-hydrogen) atoms. The van der Waals surface area contributed by atoms with Crippen molar-refractivity contribution >= 4 is 99.6 Å². The maximum absolute atomic E-state index is 15.2. The third-order valence-corrected chi connectivity index (χ3v) is 21.5. The van der Waals surface area contributed by atoms with Gasteiger partial charge in [-0.2, -0.15) is 0 Å². The van der Waals surface area contributed by atoms with Crippen molar-refractivity contribution in [2.24, 2.45) is 59.2 Å². The lowest BCUT2D eigenvalue weighted by Crippen LogP contribution is -2.59. The van der Waals surface area contributed by atoms with Crippen LogP contribution in [-0.4, -0.2) is 220 Å². The molecule has 0 bridgehead atoms. The van der Waals surface area contributed by atoms with Crippen molar-refractivity contribution in [3.8, 4) is 11.5 Å². The molecular weight excluding hydrogens is 1400 g/mol. The van der Waals surface area contributed by atoms with Crippen LogP contribution in [0.1, 0.15) is 166 Å². The first kappa shape index (κ1) is 85.7. The van der Waals surface area contributed by atoms with Gasteiger partial charge in [-0.05, 0) is 107 Å². The fourth-order valence-corrected chi connectivity index (χ4v) is 15.2. The average molecular weight is 1510 g/mol. The maximum Gasteiger partial charge on any atom is 0.329 e. The number of Topliss-reactive ketones (excluding diaryl/α,β-unsaturated/α-hetero) is 3. The Morgan fingerprint density at radius 3 is 1.56 bits per heavy atom. The number of anilines is 1. The molecule has 0 aromatic heterocycles. The molecule has 3 heterocycles. The van der Waals surface area contributed by atoms with Crippen molar-refractivity contribution in [1.29, 1.82) is 0 Å². The van der Waals surface area contributed by atoms with Crippen LogP contribution in [-0.2, 0) is 67.0 Å². The Morgan fingerprint density at radius 1 is 0.657 bits per heavy atom. The number of carbonyl (C=O) groups excluding carboxylic acids is 14. The number of esters is 2. The van der Waals surface area contributed by atoms with E-state index in [4.69, 9.17) is 24.6 Å². The molecule has 2 saturated heterocycles. The van der Waals surface area contributed by atoms with Gasteiger partial charge in [-0.3, -0.25) is 57.5 Å². The fourth-order valence-electron chi connectivity index (χ4n) is 15.2. The molecule has 8 rings (SSSR count). The molecule has 8 N–H and O–H groups in total. The van der Waals surface area contributed by atoms with Crippen LogP contribution in [0.2, 0.25) is 0 Å². The molecule has 4 aliphatic carbocycles. The van der Waals surface area contributed by atoms with E-state index in [-0.39, 0.29) is 46.0 Å². The van der Waals surface area contributed by atoms with Gasteiger partial charge in [0.2, 0.25) is 40.9 Å². The van der Waals surface area contributed by atoms with E-state index in [1.54, 1.807) is 74.5 Å². The zero-order chi connectivity index (χ0) is 80.5. The number of carbonyl (C=O) groups is 14. The Labute approximate surface area is 629 Å². The van der Waals surface area contributed by atoms with Crippen LogP contribution in [0.4, 0.5) is 5.69 Å². The van der Waals surface area contributed by atoms with Gasteiger partial charge >= 0.3 is 11.9 Å². The number of aliphatic hydroxyl groups is 2. The summed E-state index contributed by atoms with van der Waals surface area (Å²) in [5, 5.41) is 29.7. The maximum atomic E-state index is 15.2. The smallest absolute Gasteiger partial charge is 0.329 e. The van der Waals surface area contributed by atoms with Crippen molar-refractivity contribution in [2.45, 2.75) is 208 Å². The van der Waals surface area contributed by atoms with Crippen LogP contribution in [0, 0.1) is 73.0 Å². The number of hydrogen-bond acceptors (Lipinski definition) is 22. The summed E-state index contributed by atoms with van der Waals surface area (Å²) < 4.78 is 18.3. The molecule has 1 aromatic rings. The number of amides is 8. The molecule has 16 atom stereocenters. The Bertz CT molecular complexity index is 4050. The topological polar surface area (TPSA) is 428 Å². The third-order valence-electron chi connectivity index (χ3n) is 21.5. The first-order chi connectivity index (χ1) is 50.7. The van der Waals surface area contributed by atoms with E-state index in [1.165, 1.54) is 70.9 Å². The van der Waals surface area contributed by atoms with E-state index in [9.17, 15) is 72.5 Å². The van der Waals surface area contributed by atoms with Gasteiger partial charge in [-0.1, -0.05) is 112 Å². The first-order valence-corrected chi connectivity index (χ1v) is 37.3. The number of fused-ring (bicyclic) bond motifs is 4. The van der Waals surface area contributed by atoms with E-state index in [2.05, 4.69) is 28.2 Å². The number of cyclic esters (lactones) is 2. The number of likely N-dealkylation sites (N-methyl/N-ethyl adjacent to an activating group) is 4. The molecular formula is C78H108N10O20. The molecule has 0 radical (unpaired) electrons. The molecule has 3 saturated carbocycles. The van der Waals surface area contributed by atoms with Gasteiger partial charge in [0.05, 0.1) is 54.0 Å². The second-order valence-electron chi connectivity index (χ2n) is 30.8. The highest BCUT2D eigenvalue weighted by Crippen LogP contribution is 2.39. The molecule has 0 spiro atoms. The number of unbranched alkanes of at least 4 members (excludes halogenated alkanes) is 1. The number of hydrogen-bond donors (Lipinski definition) is 7. The number of nitrogens with two attached hydrogens (primary N) is 1. The number of allylic oxidation sites excluding steroid dienone is 4. The average Bonchev–Trinajstić information content (AvgIpc) is 0.904. The van der Waals surface area contributed by atoms with Crippen LogP contribution in [0.5, 0.6) is 0 Å². The summed E-state index contributed by atoms with van der Waals surface area (Å²) in [6.07, 6.45) is 7.07. The van der Waals surface area contributed by atoms with Gasteiger partial charge in [-0.25, -0.2) is 14.6 Å². The molecule has 1 aromatic carbocycles. The predicted octanol–water partition coefficient (Wildman–Crippen LogP) is 3.74. The van der Waals surface area contributed by atoms with Crippen molar-refractivity contribution in [2.75, 3.05) is 47.0 Å². The lowest BCUT2D eigenvalue weighted by Gasteiger charge is -2.35. The summed E-state index contributed by atoms with van der Waals surface area (Å²) in [6, 6.07) is -5.71. The number of ketones is 3. The number of aldehydes is 1. The first-order valence-electron chi connectivity index (χ1n) is 37.3. The second kappa shape index (κ2) is 36.5. The van der Waals surface area contributed by atoms with Gasteiger partial charge < -0.3 is 75.5 Å². The summed E-state index contributed by atoms with van der Waals surface area (Å²) >= 11 is 0. The molecule has 7 aliphatic rings. The number of aliphatic hydroxyl groups excluding tert-OH is 2. The second-order valence-corrected chi connectivity index (χ2v) is 30.8. The summed E-state index contributed by atoms with van der Waals surface area (Å²) in [5.41, 5.74) is 3.67. The zero-order valence-corrected chi connectivity index (χ0v) is 64.9. The Hall–Kier alpha value is -9.58. The monoisotopic (exact) mass is 1500 g/mol. The van der Waals surface area contributed by atoms with Crippen LogP contribution in [0.25, 0.3) is 22.6 Å². The Morgan fingerprint density at radius 2 is 1.12 bits per heavy atom. The Balaban J connectivity index is 0.000000788. The molecule has 8 amide bonds. The highest BCUT2D eigenvalue weighted by atomic mass is 16.6. The summed E-state index contributed by atoms with van der Waals surface area (Å²) in [5.74, 6) is -16.7. The quantitative estimate of drug-likeness (QED) is 0.0320. The van der Waals surface area contributed by atoms with Crippen LogP contribution >= 0.6 is 0 Å².